The van der Waals surface area contributed by atoms with Gasteiger partial charge in [-0.15, -0.1) is 0 Å². The zero-order valence-electron chi connectivity index (χ0n) is 25.0. The average Bonchev–Trinajstić information content (AvgIpc) is 3.05. The highest BCUT2D eigenvalue weighted by Crippen LogP contribution is 2.26. The Morgan fingerprint density at radius 1 is 0.860 bits per heavy atom. The third kappa shape index (κ3) is 7.54. The number of anilines is 1. The Morgan fingerprint density at radius 3 is 2.09 bits per heavy atom. The van der Waals surface area contributed by atoms with Gasteiger partial charge in [0, 0.05) is 69.1 Å². The summed E-state index contributed by atoms with van der Waals surface area (Å²) >= 11 is 0. The van der Waals surface area contributed by atoms with Crippen molar-refractivity contribution in [2.45, 2.75) is 38.6 Å². The summed E-state index contributed by atoms with van der Waals surface area (Å²) < 4.78 is 0. The molecule has 2 aliphatic rings. The Bertz CT molecular complexity index is 1460. The Hall–Kier alpha value is -4.35. The van der Waals surface area contributed by atoms with Crippen molar-refractivity contribution in [1.82, 2.24) is 14.8 Å². The molecular weight excluding hydrogens is 538 g/mol. The fourth-order valence-electron chi connectivity index (χ4n) is 6.02. The molecule has 0 atom stereocenters. The van der Waals surface area contributed by atoms with E-state index in [-0.39, 0.29) is 23.4 Å². The van der Waals surface area contributed by atoms with Crippen molar-refractivity contribution in [2.75, 3.05) is 45.2 Å². The van der Waals surface area contributed by atoms with Gasteiger partial charge >= 0.3 is 0 Å². The van der Waals surface area contributed by atoms with Gasteiger partial charge in [-0.3, -0.25) is 24.3 Å². The molecule has 8 nitrogen and oxygen atoms in total. The van der Waals surface area contributed by atoms with Crippen molar-refractivity contribution in [3.63, 3.8) is 0 Å². The molecule has 1 aromatic heterocycles. The van der Waals surface area contributed by atoms with E-state index in [2.05, 4.69) is 16.0 Å². The first-order chi connectivity index (χ1) is 20.8. The van der Waals surface area contributed by atoms with Gasteiger partial charge in [0.25, 0.3) is 5.91 Å². The second kappa shape index (κ2) is 13.7. The summed E-state index contributed by atoms with van der Waals surface area (Å²) in [6.07, 6.45) is 5.20. The highest BCUT2D eigenvalue weighted by molar-refractivity contribution is 5.99. The molecule has 8 heteroatoms. The van der Waals surface area contributed by atoms with Crippen molar-refractivity contribution < 1.29 is 14.4 Å². The fourth-order valence-corrected chi connectivity index (χ4v) is 6.02. The molecule has 1 amide bonds. The molecule has 0 N–H and O–H groups in total. The minimum Gasteiger partial charge on any atom is -0.378 e. The van der Waals surface area contributed by atoms with E-state index in [0.717, 1.165) is 38.2 Å². The highest BCUT2D eigenvalue weighted by Gasteiger charge is 2.29. The van der Waals surface area contributed by atoms with Gasteiger partial charge in [-0.1, -0.05) is 12.1 Å². The van der Waals surface area contributed by atoms with E-state index in [1.807, 2.05) is 67.5 Å². The summed E-state index contributed by atoms with van der Waals surface area (Å²) in [5, 5.41) is 8.98. The van der Waals surface area contributed by atoms with Gasteiger partial charge in [0.15, 0.2) is 11.6 Å². The van der Waals surface area contributed by atoms with Crippen molar-refractivity contribution in [3.05, 3.63) is 94.8 Å². The van der Waals surface area contributed by atoms with E-state index in [4.69, 9.17) is 5.26 Å². The van der Waals surface area contributed by atoms with Gasteiger partial charge in [-0.05, 0) is 98.8 Å². The lowest BCUT2D eigenvalue weighted by atomic mass is 9.88. The molecule has 0 aliphatic carbocycles. The minimum atomic E-state index is -0.158. The second-order valence-corrected chi connectivity index (χ2v) is 12.0. The van der Waals surface area contributed by atoms with Crippen LogP contribution < -0.4 is 4.90 Å². The van der Waals surface area contributed by atoms with E-state index in [0.29, 0.717) is 60.7 Å². The number of rotatable bonds is 9. The van der Waals surface area contributed by atoms with E-state index in [1.165, 1.54) is 11.8 Å². The molecule has 0 saturated carbocycles. The number of carbonyl (C=O) groups is 3. The quantitative estimate of drug-likeness (QED) is 0.321. The molecule has 0 unspecified atom stereocenters. The Kier molecular flexibility index (Phi) is 9.63. The zero-order chi connectivity index (χ0) is 30.3. The van der Waals surface area contributed by atoms with Crippen LogP contribution in [0.4, 0.5) is 5.69 Å². The molecule has 43 heavy (non-hydrogen) atoms. The molecule has 0 bridgehead atoms. The molecule has 222 valence electrons. The standard InChI is InChI=1S/C35H39N5O3/c1-38(2)31-10-7-28(8-11-31)34(42)29-15-19-40(20-16-29)35(43)32-12-9-30(23-37-32)33(41)21-25-13-17-39(18-14-25)24-27-5-3-26(22-36)4-6-27/h3-12,23,25,29H,13-21,24H2,1-2H3. The SMILES string of the molecule is CN(C)c1ccc(C(=O)C2CCN(C(=O)c3ccc(C(=O)CC4CCN(Cc5ccc(C#N)cc5)CC4)cn3)CC2)cc1. The van der Waals surface area contributed by atoms with Crippen LogP contribution in [0, 0.1) is 23.2 Å². The van der Waals surface area contributed by atoms with E-state index in [1.54, 1.807) is 17.0 Å². The Labute approximate surface area is 253 Å². The van der Waals surface area contributed by atoms with Crippen LogP contribution in [0.5, 0.6) is 0 Å². The highest BCUT2D eigenvalue weighted by atomic mass is 16.2. The Morgan fingerprint density at radius 2 is 1.51 bits per heavy atom. The summed E-state index contributed by atoms with van der Waals surface area (Å²) in [7, 11) is 3.94. The molecule has 2 aromatic carbocycles. The number of amides is 1. The van der Waals surface area contributed by atoms with Gasteiger partial charge in [0.1, 0.15) is 5.69 Å². The lowest BCUT2D eigenvalue weighted by Gasteiger charge is -2.31. The lowest BCUT2D eigenvalue weighted by Crippen LogP contribution is -2.40. The summed E-state index contributed by atoms with van der Waals surface area (Å²) in [4.78, 5) is 49.6. The number of carbonyl (C=O) groups excluding carboxylic acids is 3. The number of nitriles is 1. The first kappa shape index (κ1) is 30.1. The molecule has 5 rings (SSSR count). The van der Waals surface area contributed by atoms with Crippen LogP contribution in [0.25, 0.3) is 0 Å². The molecule has 2 fully saturated rings. The van der Waals surface area contributed by atoms with Crippen LogP contribution in [-0.4, -0.2) is 72.5 Å². The number of hydrogen-bond acceptors (Lipinski definition) is 7. The number of piperidine rings is 2. The fraction of sp³-hybridized carbons (Fsp3) is 0.400. The number of Topliss-reactive ketones (excluding diaryl/α,β-unsaturated/α-hetero) is 2. The monoisotopic (exact) mass is 577 g/mol. The van der Waals surface area contributed by atoms with Crippen molar-refractivity contribution in [3.8, 4) is 6.07 Å². The normalized spacial score (nSPS) is 16.4. The summed E-state index contributed by atoms with van der Waals surface area (Å²) in [5.41, 5.74) is 4.50. The summed E-state index contributed by atoms with van der Waals surface area (Å²) in [6, 6.07) is 20.9. The number of pyridine rings is 1. The van der Waals surface area contributed by atoms with Crippen LogP contribution in [0.1, 0.15) is 74.4 Å². The van der Waals surface area contributed by atoms with E-state index < -0.39 is 0 Å². The molecule has 0 spiro atoms. The maximum absolute atomic E-state index is 13.1. The van der Waals surface area contributed by atoms with Crippen LogP contribution in [-0.2, 0) is 6.54 Å². The number of likely N-dealkylation sites (tertiary alicyclic amines) is 2. The summed E-state index contributed by atoms with van der Waals surface area (Å²) in [6.45, 7) is 3.75. The van der Waals surface area contributed by atoms with Crippen LogP contribution in [0.2, 0.25) is 0 Å². The zero-order valence-corrected chi connectivity index (χ0v) is 25.0. The van der Waals surface area contributed by atoms with Gasteiger partial charge < -0.3 is 9.80 Å². The smallest absolute Gasteiger partial charge is 0.272 e. The van der Waals surface area contributed by atoms with Gasteiger partial charge in [-0.25, -0.2) is 0 Å². The van der Waals surface area contributed by atoms with Crippen molar-refractivity contribution in [1.29, 1.82) is 5.26 Å². The maximum Gasteiger partial charge on any atom is 0.272 e. The molecule has 2 saturated heterocycles. The van der Waals surface area contributed by atoms with E-state index >= 15 is 0 Å². The van der Waals surface area contributed by atoms with Crippen LogP contribution >= 0.6 is 0 Å². The number of nitrogens with zero attached hydrogens (tertiary/aromatic N) is 5. The molecule has 2 aliphatic heterocycles. The Balaban J connectivity index is 1.06. The average molecular weight is 578 g/mol. The van der Waals surface area contributed by atoms with Crippen molar-refractivity contribution in [2.24, 2.45) is 11.8 Å². The number of hydrogen-bond donors (Lipinski definition) is 0. The number of aromatic nitrogens is 1. The molecular formula is C35H39N5O3. The number of ketones is 2. The maximum atomic E-state index is 13.1. The van der Waals surface area contributed by atoms with Crippen LogP contribution in [0.3, 0.4) is 0 Å². The molecule has 3 aromatic rings. The first-order valence-corrected chi connectivity index (χ1v) is 15.1. The minimum absolute atomic E-state index is 0.0648. The third-order valence-corrected chi connectivity index (χ3v) is 8.80. The van der Waals surface area contributed by atoms with Gasteiger partial charge in [-0.2, -0.15) is 5.26 Å². The van der Waals surface area contributed by atoms with Crippen LogP contribution in [0.15, 0.2) is 66.9 Å². The largest absolute Gasteiger partial charge is 0.378 e. The van der Waals surface area contributed by atoms with E-state index in [9.17, 15) is 14.4 Å². The van der Waals surface area contributed by atoms with Gasteiger partial charge in [0.2, 0.25) is 0 Å². The van der Waals surface area contributed by atoms with Crippen molar-refractivity contribution >= 4 is 23.2 Å². The summed E-state index contributed by atoms with van der Waals surface area (Å²) in [5.74, 6) is 0.284. The predicted octanol–water partition coefficient (Wildman–Crippen LogP) is 5.24. The topological polar surface area (TPSA) is 97.6 Å². The second-order valence-electron chi connectivity index (χ2n) is 12.0. The molecule has 0 radical (unpaired) electrons. The first-order valence-electron chi connectivity index (χ1n) is 15.1. The third-order valence-electron chi connectivity index (χ3n) is 8.80. The predicted molar refractivity (Wildman–Crippen MR) is 166 cm³/mol. The lowest BCUT2D eigenvalue weighted by molar-refractivity contribution is 0.0645. The molecule has 3 heterocycles. The van der Waals surface area contributed by atoms with Gasteiger partial charge in [0.05, 0.1) is 11.6 Å². The number of benzene rings is 2.